The number of nitrogens with zero attached hydrogens (tertiary/aromatic N) is 2. The van der Waals surface area contributed by atoms with Crippen molar-refractivity contribution in [3.05, 3.63) is 111 Å². The number of nitrogens with one attached hydrogen (secondary N) is 4. The smallest absolute Gasteiger partial charge is 0.410 e. The second-order valence-corrected chi connectivity index (χ2v) is 23.8. The van der Waals surface area contributed by atoms with Crippen LogP contribution in [0.5, 0.6) is 0 Å². The van der Waals surface area contributed by atoms with E-state index in [4.69, 9.17) is 42.6 Å². The summed E-state index contributed by atoms with van der Waals surface area (Å²) in [5.74, 6) is -0.242. The number of carbonyl (C=O) groups is 5. The SMILES string of the molecule is CN(C(=O)OC(C)(C)C)[C@@H]1[C@@H](O)[C@@H](O[C@@H]2[C@@H](O)[C@H](O[C@H]3OC(CNC(=O)OCc4ccc([N+](=O)[O-])cc4)=CC[C@H]3NC(=O)OC(C)(C)C)[C@@H](NC(=O)OC(C)(C)C)C[C@H]2NC(=O)OCC2c3ccccc3-c3ccccc32)OC[C@]1(C)O. The number of carbonyl (C=O) groups excluding carboxylic acids is 5. The van der Waals surface area contributed by atoms with E-state index < -0.39 is 126 Å². The maximum Gasteiger partial charge on any atom is 0.410 e. The standard InChI is InChI=1S/C57H76N6O19/c1-54(2,3)80-51(68)59-39-25-24-33(27-58-49(66)74-28-31-20-22-32(23-21-31)63(72)73)77-47(39)78-44-41(61-52(69)81-55(4,5)6)26-40(60-50(67)75-29-38-36-18-14-12-16-34(36)35-17-13-15-19-37(35)38)45(42(44)64)79-48-43(65)46(57(10,71)30-76-48)62(11)53(70)82-56(7,8)9/h12-24,38-48,64-65,71H,25-30H2,1-11H3,(H,58,66)(H,59,68)(H,60,67)(H,61,69)/t39-,40-,41+,42+,43-,44-,45+,46-,47-,48-,57+/m1/s1. The lowest BCUT2D eigenvalue weighted by Gasteiger charge is -2.50. The number of nitro benzene ring substituents is 1. The quantitative estimate of drug-likeness (QED) is 0.0493. The Hall–Kier alpha value is -7.29. The van der Waals surface area contributed by atoms with E-state index in [-0.39, 0.29) is 50.0 Å². The molecular formula is C57H76N6O19. The van der Waals surface area contributed by atoms with E-state index in [1.165, 1.54) is 38.2 Å². The van der Waals surface area contributed by atoms with E-state index in [9.17, 15) is 49.4 Å². The van der Waals surface area contributed by atoms with Crippen molar-refractivity contribution < 1.29 is 86.8 Å². The zero-order valence-electron chi connectivity index (χ0n) is 47.9. The molecule has 2 aliphatic carbocycles. The molecule has 3 aromatic carbocycles. The zero-order chi connectivity index (χ0) is 60.1. The van der Waals surface area contributed by atoms with Crippen molar-refractivity contribution >= 4 is 36.2 Å². The molecule has 2 fully saturated rings. The van der Waals surface area contributed by atoms with Gasteiger partial charge in [-0.25, -0.2) is 24.0 Å². The van der Waals surface area contributed by atoms with Crippen LogP contribution in [0.1, 0.15) is 105 Å². The molecule has 7 rings (SSSR count). The van der Waals surface area contributed by atoms with Crippen molar-refractivity contribution in [3.8, 4) is 11.1 Å². The predicted molar refractivity (Wildman–Crippen MR) is 292 cm³/mol. The highest BCUT2D eigenvalue weighted by Gasteiger charge is 2.55. The fourth-order valence-electron chi connectivity index (χ4n) is 10.1. The number of aliphatic hydroxyl groups is 3. The van der Waals surface area contributed by atoms with Crippen molar-refractivity contribution in [2.75, 3.05) is 26.8 Å². The van der Waals surface area contributed by atoms with Crippen molar-refractivity contribution in [2.24, 2.45) is 0 Å². The van der Waals surface area contributed by atoms with Crippen LogP contribution < -0.4 is 21.3 Å². The zero-order valence-corrected chi connectivity index (χ0v) is 47.9. The molecule has 5 amide bonds. The maximum absolute atomic E-state index is 14.2. The summed E-state index contributed by atoms with van der Waals surface area (Å²) in [5, 5.41) is 58.5. The number of hydrogen-bond acceptors (Lipinski definition) is 19. The van der Waals surface area contributed by atoms with Crippen LogP contribution in [0, 0.1) is 10.1 Å². The molecule has 3 aromatic rings. The summed E-state index contributed by atoms with van der Waals surface area (Å²) in [5.41, 5.74) is -0.636. The van der Waals surface area contributed by atoms with Crippen molar-refractivity contribution in [1.29, 1.82) is 0 Å². The monoisotopic (exact) mass is 1150 g/mol. The van der Waals surface area contributed by atoms with E-state index >= 15 is 0 Å². The Bertz CT molecular complexity index is 2760. The van der Waals surface area contributed by atoms with Crippen LogP contribution in [0.2, 0.25) is 0 Å². The molecule has 0 spiro atoms. The molecule has 25 nitrogen and oxygen atoms in total. The second kappa shape index (κ2) is 25.5. The Morgan fingerprint density at radius 2 is 1.23 bits per heavy atom. The Kier molecular flexibility index (Phi) is 19.3. The molecule has 0 aromatic heterocycles. The van der Waals surface area contributed by atoms with Crippen LogP contribution in [0.25, 0.3) is 11.1 Å². The Labute approximate surface area is 475 Å². The number of hydrogen-bond donors (Lipinski definition) is 7. The van der Waals surface area contributed by atoms with Crippen LogP contribution in [0.3, 0.4) is 0 Å². The molecule has 25 heteroatoms. The third kappa shape index (κ3) is 16.2. The van der Waals surface area contributed by atoms with Crippen LogP contribution >= 0.6 is 0 Å². The predicted octanol–water partition coefficient (Wildman–Crippen LogP) is 6.38. The summed E-state index contributed by atoms with van der Waals surface area (Å²) in [6.07, 6.45) is -13.6. The van der Waals surface area contributed by atoms with Crippen molar-refractivity contribution in [3.63, 3.8) is 0 Å². The molecule has 4 aliphatic rings. The topological polar surface area (TPSA) is 324 Å². The number of aliphatic hydroxyl groups excluding tert-OH is 2. The molecule has 0 unspecified atom stereocenters. The van der Waals surface area contributed by atoms with Gasteiger partial charge in [-0.3, -0.25) is 10.1 Å². The molecular weight excluding hydrogens is 1070 g/mol. The number of alkyl carbamates (subject to hydrolysis) is 4. The molecule has 1 saturated heterocycles. The first kappa shape index (κ1) is 62.3. The summed E-state index contributed by atoms with van der Waals surface area (Å²) < 4.78 is 53.5. The van der Waals surface area contributed by atoms with Gasteiger partial charge in [0, 0.05) is 25.1 Å². The average Bonchev–Trinajstić information content (AvgIpc) is 3.91. The van der Waals surface area contributed by atoms with Gasteiger partial charge in [-0.1, -0.05) is 48.5 Å². The molecule has 7 N–H and O–H groups in total. The van der Waals surface area contributed by atoms with Crippen LogP contribution in [-0.2, 0) is 49.2 Å². The van der Waals surface area contributed by atoms with Crippen LogP contribution in [0.4, 0.5) is 29.7 Å². The van der Waals surface area contributed by atoms with Gasteiger partial charge in [-0.2, -0.15) is 0 Å². The van der Waals surface area contributed by atoms with E-state index in [0.29, 0.717) is 5.56 Å². The maximum atomic E-state index is 14.2. The number of nitro groups is 1. The van der Waals surface area contributed by atoms with Gasteiger partial charge < -0.3 is 84.1 Å². The number of benzene rings is 3. The fourth-order valence-corrected chi connectivity index (χ4v) is 10.1. The van der Waals surface area contributed by atoms with E-state index in [1.54, 1.807) is 68.4 Å². The van der Waals surface area contributed by atoms with E-state index in [0.717, 1.165) is 27.2 Å². The Balaban J connectivity index is 1.19. The van der Waals surface area contributed by atoms with Gasteiger partial charge in [0.25, 0.3) is 5.69 Å². The molecule has 0 bridgehead atoms. The summed E-state index contributed by atoms with van der Waals surface area (Å²) in [6.45, 7) is 15.0. The number of non-ortho nitro benzene ring substituents is 1. The number of likely N-dealkylation sites (N-methyl/N-ethyl adjacent to an activating group) is 1. The van der Waals surface area contributed by atoms with Gasteiger partial charge >= 0.3 is 30.5 Å². The number of fused-ring (bicyclic) bond motifs is 3. The molecule has 11 atom stereocenters. The normalized spacial score (nSPS) is 26.2. The molecule has 1 saturated carbocycles. The number of ether oxygens (including phenoxy) is 9. The van der Waals surface area contributed by atoms with Gasteiger partial charge in [0.15, 0.2) is 6.29 Å². The highest BCUT2D eigenvalue weighted by molar-refractivity contribution is 5.79. The Morgan fingerprint density at radius 3 is 1.78 bits per heavy atom. The number of rotatable bonds is 15. The third-order valence-corrected chi connectivity index (χ3v) is 13.6. The highest BCUT2D eigenvalue weighted by atomic mass is 16.7. The molecule has 82 heavy (non-hydrogen) atoms. The third-order valence-electron chi connectivity index (χ3n) is 13.6. The highest BCUT2D eigenvalue weighted by Crippen LogP contribution is 2.45. The lowest BCUT2D eigenvalue weighted by Crippen LogP contribution is -2.70. The van der Waals surface area contributed by atoms with Crippen LogP contribution in [0.15, 0.2) is 84.6 Å². The fraction of sp³-hybridized carbons (Fsp3) is 0.561. The molecule has 2 aliphatic heterocycles. The minimum atomic E-state index is -1.93. The summed E-state index contributed by atoms with van der Waals surface area (Å²) in [6, 6.07) is 15.8. The molecule has 0 radical (unpaired) electrons. The van der Waals surface area contributed by atoms with Gasteiger partial charge in [0.2, 0.25) is 6.29 Å². The van der Waals surface area contributed by atoms with E-state index in [2.05, 4.69) is 21.3 Å². The first-order chi connectivity index (χ1) is 38.4. The first-order valence-electron chi connectivity index (χ1n) is 26.9. The van der Waals surface area contributed by atoms with Crippen molar-refractivity contribution in [2.45, 2.75) is 178 Å². The van der Waals surface area contributed by atoms with Crippen LogP contribution in [-0.4, -0.2) is 166 Å². The van der Waals surface area contributed by atoms with Gasteiger partial charge in [-0.15, -0.1) is 0 Å². The minimum Gasteiger partial charge on any atom is -0.465 e. The molecule has 2 heterocycles. The lowest BCUT2D eigenvalue weighted by atomic mass is 9.83. The summed E-state index contributed by atoms with van der Waals surface area (Å²) in [4.78, 5) is 79.4. The van der Waals surface area contributed by atoms with Gasteiger partial charge in [-0.05, 0) is 128 Å². The second-order valence-electron chi connectivity index (χ2n) is 23.8. The summed E-state index contributed by atoms with van der Waals surface area (Å²) >= 11 is 0. The lowest BCUT2D eigenvalue weighted by molar-refractivity contribution is -0.384. The first-order valence-corrected chi connectivity index (χ1v) is 26.9. The summed E-state index contributed by atoms with van der Waals surface area (Å²) in [7, 11) is 1.32. The average molecular weight is 1150 g/mol. The van der Waals surface area contributed by atoms with Crippen molar-refractivity contribution in [1.82, 2.24) is 26.2 Å². The molecule has 448 valence electrons. The van der Waals surface area contributed by atoms with E-state index in [1.807, 2.05) is 48.5 Å². The minimum absolute atomic E-state index is 0.00771. The van der Waals surface area contributed by atoms with Gasteiger partial charge in [0.1, 0.15) is 65.8 Å². The Morgan fingerprint density at radius 1 is 0.707 bits per heavy atom. The largest absolute Gasteiger partial charge is 0.465 e. The van der Waals surface area contributed by atoms with Gasteiger partial charge in [0.05, 0.1) is 42.2 Å². The number of amides is 5.